The van der Waals surface area contributed by atoms with Gasteiger partial charge in [-0.15, -0.1) is 0 Å². The second-order valence-corrected chi connectivity index (χ2v) is 9.08. The monoisotopic (exact) mass is 483 g/mol. The summed E-state index contributed by atoms with van der Waals surface area (Å²) in [5, 5.41) is 14.2. The number of amides is 1. The van der Waals surface area contributed by atoms with Crippen molar-refractivity contribution < 1.29 is 33.8 Å². The Hall–Kier alpha value is -3.10. The molecule has 8 heteroatoms. The second kappa shape index (κ2) is 12.0. The fraction of sp³-hybridized carbons (Fsp3) is 0.481. The van der Waals surface area contributed by atoms with Gasteiger partial charge in [0, 0.05) is 24.8 Å². The molecule has 4 rings (SSSR count). The predicted octanol–water partition coefficient (Wildman–Crippen LogP) is 1.72. The Morgan fingerprint density at radius 2 is 1.77 bits per heavy atom. The minimum Gasteiger partial charge on any atom is -0.493 e. The fourth-order valence-electron chi connectivity index (χ4n) is 4.59. The third kappa shape index (κ3) is 6.74. The number of ether oxygens (including phenoxy) is 3. The summed E-state index contributed by atoms with van der Waals surface area (Å²) in [7, 11) is 0. The van der Waals surface area contributed by atoms with Crippen LogP contribution in [-0.2, 0) is 4.79 Å². The third-order valence-electron chi connectivity index (χ3n) is 6.55. The molecular weight excluding hydrogens is 448 g/mol. The van der Waals surface area contributed by atoms with Crippen molar-refractivity contribution in [2.45, 2.75) is 44.8 Å². The van der Waals surface area contributed by atoms with Gasteiger partial charge in [-0.3, -0.25) is 9.59 Å². The number of likely N-dealkylation sites (tertiary alicyclic amines) is 1. The van der Waals surface area contributed by atoms with Gasteiger partial charge >= 0.3 is 0 Å². The molecule has 2 aliphatic heterocycles. The number of nitrogens with one attached hydrogen (secondary N) is 2. The number of Topliss-reactive ketones (excluding diaryl/α,β-unsaturated/α-hetero) is 1. The molecule has 35 heavy (non-hydrogen) atoms. The van der Waals surface area contributed by atoms with Crippen LogP contribution in [0, 0.1) is 0 Å². The Morgan fingerprint density at radius 1 is 1.06 bits per heavy atom. The van der Waals surface area contributed by atoms with E-state index in [1.807, 2.05) is 19.1 Å². The highest BCUT2D eigenvalue weighted by Gasteiger charge is 2.30. The van der Waals surface area contributed by atoms with E-state index in [-0.39, 0.29) is 24.7 Å². The van der Waals surface area contributed by atoms with Crippen molar-refractivity contribution in [2.75, 3.05) is 39.5 Å². The van der Waals surface area contributed by atoms with Crippen LogP contribution < -0.4 is 24.4 Å². The van der Waals surface area contributed by atoms with E-state index in [1.54, 1.807) is 30.3 Å². The Labute approximate surface area is 206 Å². The second-order valence-electron chi connectivity index (χ2n) is 9.08. The number of aliphatic hydroxyl groups is 1. The summed E-state index contributed by atoms with van der Waals surface area (Å²) in [5.41, 5.74) is 1.34. The van der Waals surface area contributed by atoms with Crippen molar-refractivity contribution in [2.24, 2.45) is 0 Å². The number of benzene rings is 2. The number of fused-ring (bicyclic) bond motifs is 1. The van der Waals surface area contributed by atoms with E-state index in [0.717, 1.165) is 25.9 Å². The minimum atomic E-state index is -0.868. The standard InChI is InChI=1S/C27H34N2O6/c1-2-23(30)19-5-8-21(9-6-19)33-14-11-26(31)28-22(18-29-12-3-4-13-29)27(32)20-7-10-24-25(17-20)35-16-15-34-24/h5-10,17,22,27,32H,2-4,11-16,18H2,1H3,(H,28,31)/p+1. The van der Waals surface area contributed by atoms with Crippen LogP contribution in [0.1, 0.15) is 54.6 Å². The van der Waals surface area contributed by atoms with Gasteiger partial charge in [0.2, 0.25) is 5.91 Å². The molecule has 1 saturated heterocycles. The highest BCUT2D eigenvalue weighted by molar-refractivity contribution is 5.95. The van der Waals surface area contributed by atoms with E-state index < -0.39 is 12.1 Å². The summed E-state index contributed by atoms with van der Waals surface area (Å²) in [6.45, 7) is 5.75. The molecule has 188 valence electrons. The molecule has 1 fully saturated rings. The summed E-state index contributed by atoms with van der Waals surface area (Å²) in [6.07, 6.45) is 2.07. The van der Waals surface area contributed by atoms with E-state index >= 15 is 0 Å². The molecule has 1 amide bonds. The van der Waals surface area contributed by atoms with E-state index in [0.29, 0.717) is 54.6 Å². The predicted molar refractivity (Wildman–Crippen MR) is 130 cm³/mol. The molecule has 2 aromatic carbocycles. The van der Waals surface area contributed by atoms with E-state index in [4.69, 9.17) is 14.2 Å². The molecule has 0 aliphatic carbocycles. The van der Waals surface area contributed by atoms with Crippen molar-refractivity contribution in [3.05, 3.63) is 53.6 Å². The quantitative estimate of drug-likeness (QED) is 0.421. The molecule has 2 heterocycles. The van der Waals surface area contributed by atoms with Crippen LogP contribution >= 0.6 is 0 Å². The molecule has 2 atom stereocenters. The van der Waals surface area contributed by atoms with Crippen LogP contribution in [0.5, 0.6) is 17.2 Å². The Kier molecular flexibility index (Phi) is 8.60. The largest absolute Gasteiger partial charge is 0.493 e. The van der Waals surface area contributed by atoms with Crippen LogP contribution in [0.2, 0.25) is 0 Å². The van der Waals surface area contributed by atoms with Crippen LogP contribution in [0.3, 0.4) is 0 Å². The lowest BCUT2D eigenvalue weighted by molar-refractivity contribution is -0.889. The van der Waals surface area contributed by atoms with Crippen LogP contribution in [0.4, 0.5) is 0 Å². The van der Waals surface area contributed by atoms with Crippen molar-refractivity contribution in [1.82, 2.24) is 5.32 Å². The zero-order valence-corrected chi connectivity index (χ0v) is 20.3. The molecule has 3 N–H and O–H groups in total. The Bertz CT molecular complexity index is 1000. The average Bonchev–Trinajstić information content (AvgIpc) is 3.40. The normalized spacial score (nSPS) is 17.0. The van der Waals surface area contributed by atoms with Crippen molar-refractivity contribution >= 4 is 11.7 Å². The van der Waals surface area contributed by atoms with Gasteiger partial charge < -0.3 is 29.5 Å². The zero-order chi connectivity index (χ0) is 24.6. The summed E-state index contributed by atoms with van der Waals surface area (Å²) in [4.78, 5) is 25.9. The van der Waals surface area contributed by atoms with Gasteiger partial charge in [-0.05, 0) is 42.0 Å². The molecule has 0 saturated carbocycles. The smallest absolute Gasteiger partial charge is 0.223 e. The van der Waals surface area contributed by atoms with Gasteiger partial charge in [-0.1, -0.05) is 13.0 Å². The first-order valence-electron chi connectivity index (χ1n) is 12.5. The maximum atomic E-state index is 12.8. The number of hydrogen-bond acceptors (Lipinski definition) is 6. The van der Waals surface area contributed by atoms with Crippen molar-refractivity contribution in [3.63, 3.8) is 0 Å². The first-order chi connectivity index (χ1) is 17.0. The number of carbonyl (C=O) groups excluding carboxylic acids is 2. The molecule has 2 unspecified atom stereocenters. The lowest BCUT2D eigenvalue weighted by Crippen LogP contribution is -3.11. The molecule has 0 spiro atoms. The molecular formula is C27H35N2O6+. The maximum absolute atomic E-state index is 12.8. The first-order valence-corrected chi connectivity index (χ1v) is 12.5. The number of rotatable bonds is 11. The number of hydrogen-bond donors (Lipinski definition) is 3. The third-order valence-corrected chi connectivity index (χ3v) is 6.55. The number of carbonyl (C=O) groups is 2. The minimum absolute atomic E-state index is 0.0821. The molecule has 0 aromatic heterocycles. The summed E-state index contributed by atoms with van der Waals surface area (Å²) in [6, 6.07) is 12.0. The summed E-state index contributed by atoms with van der Waals surface area (Å²) >= 11 is 0. The molecule has 8 nitrogen and oxygen atoms in total. The SMILES string of the molecule is CCC(=O)c1ccc(OCCC(=O)NC(C[NH+]2CCCC2)C(O)c2ccc3c(c2)OCCO3)cc1. The number of ketones is 1. The highest BCUT2D eigenvalue weighted by Crippen LogP contribution is 2.33. The van der Waals surface area contributed by atoms with Crippen LogP contribution in [-0.4, -0.2) is 62.3 Å². The summed E-state index contributed by atoms with van der Waals surface area (Å²) in [5.74, 6) is 1.80. The van der Waals surface area contributed by atoms with Gasteiger partial charge in [-0.25, -0.2) is 0 Å². The Balaban J connectivity index is 1.35. The number of quaternary nitrogens is 1. The average molecular weight is 484 g/mol. The fourth-order valence-corrected chi connectivity index (χ4v) is 4.59. The lowest BCUT2D eigenvalue weighted by atomic mass is 10.0. The first kappa shape index (κ1) is 25.0. The summed E-state index contributed by atoms with van der Waals surface area (Å²) < 4.78 is 16.9. The van der Waals surface area contributed by atoms with Gasteiger partial charge in [0.15, 0.2) is 17.3 Å². The van der Waals surface area contributed by atoms with Gasteiger partial charge in [0.25, 0.3) is 0 Å². The molecule has 2 aliphatic rings. The van der Waals surface area contributed by atoms with Gasteiger partial charge in [0.05, 0.1) is 26.1 Å². The number of aliphatic hydroxyl groups excluding tert-OH is 1. The van der Waals surface area contributed by atoms with Crippen molar-refractivity contribution in [1.29, 1.82) is 0 Å². The molecule has 0 radical (unpaired) electrons. The van der Waals surface area contributed by atoms with Crippen molar-refractivity contribution in [3.8, 4) is 17.2 Å². The van der Waals surface area contributed by atoms with Crippen LogP contribution in [0.15, 0.2) is 42.5 Å². The van der Waals surface area contributed by atoms with Crippen LogP contribution in [0.25, 0.3) is 0 Å². The van der Waals surface area contributed by atoms with E-state index in [9.17, 15) is 14.7 Å². The topological polar surface area (TPSA) is 98.5 Å². The van der Waals surface area contributed by atoms with Gasteiger partial charge in [-0.2, -0.15) is 0 Å². The van der Waals surface area contributed by atoms with E-state index in [1.165, 1.54) is 4.90 Å². The lowest BCUT2D eigenvalue weighted by Gasteiger charge is -2.27. The Morgan fingerprint density at radius 3 is 2.49 bits per heavy atom. The highest BCUT2D eigenvalue weighted by atomic mass is 16.6. The zero-order valence-electron chi connectivity index (χ0n) is 20.3. The molecule has 0 bridgehead atoms. The van der Waals surface area contributed by atoms with Gasteiger partial charge in [0.1, 0.15) is 37.7 Å². The van der Waals surface area contributed by atoms with E-state index in [2.05, 4.69) is 5.32 Å². The molecule has 2 aromatic rings. The maximum Gasteiger partial charge on any atom is 0.223 e.